The van der Waals surface area contributed by atoms with Crippen molar-refractivity contribution in [1.82, 2.24) is 8.87 Å². The van der Waals surface area contributed by atoms with Crippen LogP contribution in [0.25, 0.3) is 0 Å². The Morgan fingerprint density at radius 2 is 1.78 bits per heavy atom. The van der Waals surface area contributed by atoms with Crippen LogP contribution in [0.1, 0.15) is 41.7 Å². The van der Waals surface area contributed by atoms with Crippen LogP contribution in [0.2, 0.25) is 5.02 Å². The van der Waals surface area contributed by atoms with E-state index >= 15 is 0 Å². The Kier molecular flexibility index (Phi) is 5.93. The van der Waals surface area contributed by atoms with Crippen LogP contribution in [-0.4, -0.2) is 36.3 Å². The van der Waals surface area contributed by atoms with Crippen LogP contribution in [-0.2, 0) is 17.1 Å². The van der Waals surface area contributed by atoms with E-state index in [1.165, 1.54) is 21.1 Å². The zero-order valence-electron chi connectivity index (χ0n) is 15.5. The summed E-state index contributed by atoms with van der Waals surface area (Å²) in [6.45, 7) is 2.94. The topological polar surface area (TPSA) is 71.4 Å². The Morgan fingerprint density at radius 3 is 2.41 bits per heavy atom. The first-order chi connectivity index (χ1) is 12.8. The molecule has 0 radical (unpaired) electrons. The van der Waals surface area contributed by atoms with Crippen molar-refractivity contribution in [1.29, 1.82) is 0 Å². The number of carbonyl (C=O) groups excluding carboxylic acids is 1. The van der Waals surface area contributed by atoms with E-state index in [2.05, 4.69) is 5.32 Å². The molecule has 1 aromatic carbocycles. The van der Waals surface area contributed by atoms with Crippen LogP contribution in [0.15, 0.2) is 35.4 Å². The number of hydrogen-bond acceptors (Lipinski definition) is 3. The van der Waals surface area contributed by atoms with Crippen molar-refractivity contribution in [3.05, 3.63) is 46.7 Å². The van der Waals surface area contributed by atoms with E-state index in [0.29, 0.717) is 23.8 Å². The highest BCUT2D eigenvalue weighted by molar-refractivity contribution is 7.89. The van der Waals surface area contributed by atoms with Gasteiger partial charge in [0.15, 0.2) is 0 Å². The SMILES string of the molecule is Cc1ccc(NC(=O)c2cc(S(=O)(=O)N3CCCCCC3)cn2C)cc1Cl. The molecule has 0 atom stereocenters. The number of sulfonamides is 1. The van der Waals surface area contributed by atoms with E-state index in [1.54, 1.807) is 19.2 Å². The minimum Gasteiger partial charge on any atom is -0.345 e. The summed E-state index contributed by atoms with van der Waals surface area (Å²) in [7, 11) is -1.93. The minimum absolute atomic E-state index is 0.152. The van der Waals surface area contributed by atoms with Gasteiger partial charge in [-0.1, -0.05) is 30.5 Å². The summed E-state index contributed by atoms with van der Waals surface area (Å²) in [5, 5.41) is 3.33. The van der Waals surface area contributed by atoms with Gasteiger partial charge in [-0.2, -0.15) is 4.31 Å². The summed E-state index contributed by atoms with van der Waals surface area (Å²) in [6, 6.07) is 6.69. The van der Waals surface area contributed by atoms with Gasteiger partial charge in [0.1, 0.15) is 10.6 Å². The monoisotopic (exact) mass is 409 g/mol. The minimum atomic E-state index is -3.59. The van der Waals surface area contributed by atoms with Gasteiger partial charge in [-0.3, -0.25) is 4.79 Å². The number of benzene rings is 1. The van der Waals surface area contributed by atoms with E-state index in [-0.39, 0.29) is 16.5 Å². The van der Waals surface area contributed by atoms with Gasteiger partial charge in [-0.15, -0.1) is 0 Å². The van der Waals surface area contributed by atoms with E-state index in [0.717, 1.165) is 31.2 Å². The number of aromatic nitrogens is 1. The van der Waals surface area contributed by atoms with Gasteiger partial charge in [0.2, 0.25) is 10.0 Å². The Bertz CT molecular complexity index is 945. The Hall–Kier alpha value is -1.83. The van der Waals surface area contributed by atoms with Crippen molar-refractivity contribution in [3.8, 4) is 0 Å². The summed E-state index contributed by atoms with van der Waals surface area (Å²) in [5.41, 5.74) is 1.76. The molecule has 3 rings (SSSR count). The maximum atomic E-state index is 12.9. The highest BCUT2D eigenvalue weighted by Crippen LogP contribution is 2.24. The third-order valence-corrected chi connectivity index (χ3v) is 7.12. The van der Waals surface area contributed by atoms with Crippen molar-refractivity contribution in [3.63, 3.8) is 0 Å². The summed E-state index contributed by atoms with van der Waals surface area (Å²) in [6.07, 6.45) is 5.33. The highest BCUT2D eigenvalue weighted by atomic mass is 35.5. The van der Waals surface area contributed by atoms with Gasteiger partial charge < -0.3 is 9.88 Å². The lowest BCUT2D eigenvalue weighted by atomic mass is 10.2. The van der Waals surface area contributed by atoms with Crippen LogP contribution in [0.4, 0.5) is 5.69 Å². The lowest BCUT2D eigenvalue weighted by Gasteiger charge is -2.18. The fourth-order valence-corrected chi connectivity index (χ4v) is 4.97. The van der Waals surface area contributed by atoms with Crippen LogP contribution < -0.4 is 5.32 Å². The highest BCUT2D eigenvalue weighted by Gasteiger charge is 2.28. The molecular weight excluding hydrogens is 386 g/mol. The van der Waals surface area contributed by atoms with Crippen LogP contribution in [0, 0.1) is 6.92 Å². The molecule has 2 aromatic rings. The lowest BCUT2D eigenvalue weighted by Crippen LogP contribution is -2.31. The largest absolute Gasteiger partial charge is 0.345 e. The summed E-state index contributed by atoms with van der Waals surface area (Å²) in [4.78, 5) is 12.8. The van der Waals surface area contributed by atoms with Crippen molar-refractivity contribution in [2.24, 2.45) is 7.05 Å². The fraction of sp³-hybridized carbons (Fsp3) is 0.421. The molecule has 0 spiro atoms. The molecule has 6 nitrogen and oxygen atoms in total. The second kappa shape index (κ2) is 8.04. The van der Waals surface area contributed by atoms with Crippen molar-refractivity contribution < 1.29 is 13.2 Å². The van der Waals surface area contributed by atoms with Crippen molar-refractivity contribution in [2.45, 2.75) is 37.5 Å². The van der Waals surface area contributed by atoms with Gasteiger partial charge in [0.05, 0.1) is 0 Å². The molecule has 1 fully saturated rings. The molecule has 0 unspecified atom stereocenters. The molecule has 0 aliphatic carbocycles. The second-order valence-corrected chi connectivity index (χ2v) is 9.25. The zero-order chi connectivity index (χ0) is 19.6. The first-order valence-corrected chi connectivity index (χ1v) is 10.8. The number of halogens is 1. The van der Waals surface area contributed by atoms with E-state index < -0.39 is 10.0 Å². The normalized spacial score (nSPS) is 16.1. The van der Waals surface area contributed by atoms with E-state index in [1.807, 2.05) is 13.0 Å². The van der Waals surface area contributed by atoms with Crippen molar-refractivity contribution in [2.75, 3.05) is 18.4 Å². The quantitative estimate of drug-likeness (QED) is 0.834. The number of nitrogens with zero attached hydrogens (tertiary/aromatic N) is 2. The molecule has 1 N–H and O–H groups in total. The van der Waals surface area contributed by atoms with Gasteiger partial charge in [0, 0.05) is 37.0 Å². The lowest BCUT2D eigenvalue weighted by molar-refractivity contribution is 0.101. The third-order valence-electron chi connectivity index (χ3n) is 4.85. The van der Waals surface area contributed by atoms with Crippen LogP contribution in [0.5, 0.6) is 0 Å². The molecule has 1 aromatic heterocycles. The average molecular weight is 410 g/mol. The molecule has 8 heteroatoms. The second-order valence-electron chi connectivity index (χ2n) is 6.91. The molecule has 27 heavy (non-hydrogen) atoms. The maximum absolute atomic E-state index is 12.9. The number of aryl methyl sites for hydroxylation is 2. The van der Waals surface area contributed by atoms with E-state index in [4.69, 9.17) is 11.6 Å². The maximum Gasteiger partial charge on any atom is 0.272 e. The predicted molar refractivity (Wildman–Crippen MR) is 107 cm³/mol. The van der Waals surface area contributed by atoms with Crippen LogP contribution in [0.3, 0.4) is 0 Å². The van der Waals surface area contributed by atoms with Gasteiger partial charge in [-0.05, 0) is 43.5 Å². The molecule has 1 aliphatic heterocycles. The third kappa shape index (κ3) is 4.36. The molecule has 0 saturated carbocycles. The number of amides is 1. The Balaban J connectivity index is 1.82. The molecule has 0 bridgehead atoms. The summed E-state index contributed by atoms with van der Waals surface area (Å²) in [5.74, 6) is -0.380. The number of hydrogen-bond donors (Lipinski definition) is 1. The Morgan fingerprint density at radius 1 is 1.11 bits per heavy atom. The Labute approximate surface area is 165 Å². The summed E-state index contributed by atoms with van der Waals surface area (Å²) >= 11 is 6.10. The fourth-order valence-electron chi connectivity index (χ4n) is 3.20. The van der Waals surface area contributed by atoms with E-state index in [9.17, 15) is 13.2 Å². The number of carbonyl (C=O) groups is 1. The van der Waals surface area contributed by atoms with Gasteiger partial charge in [0.25, 0.3) is 5.91 Å². The first kappa shape index (κ1) is 19.9. The molecule has 2 heterocycles. The predicted octanol–water partition coefficient (Wildman–Crippen LogP) is 3.80. The summed E-state index contributed by atoms with van der Waals surface area (Å²) < 4.78 is 28.9. The number of rotatable bonds is 4. The van der Waals surface area contributed by atoms with Gasteiger partial charge in [-0.25, -0.2) is 8.42 Å². The molecule has 1 saturated heterocycles. The molecular formula is C19H24ClN3O3S. The van der Waals surface area contributed by atoms with Crippen molar-refractivity contribution >= 4 is 33.2 Å². The zero-order valence-corrected chi connectivity index (χ0v) is 17.1. The molecule has 1 aliphatic rings. The van der Waals surface area contributed by atoms with Gasteiger partial charge >= 0.3 is 0 Å². The number of nitrogens with one attached hydrogen (secondary N) is 1. The van der Waals surface area contributed by atoms with Crippen LogP contribution >= 0.6 is 11.6 Å². The number of anilines is 1. The average Bonchev–Trinajstić information content (AvgIpc) is 2.83. The smallest absolute Gasteiger partial charge is 0.272 e. The molecule has 146 valence electrons. The first-order valence-electron chi connectivity index (χ1n) is 9.03. The standard InChI is InChI=1S/C19H24ClN3O3S/c1-14-7-8-15(11-17(14)20)21-19(24)18-12-16(13-22(18)2)27(25,26)23-9-5-3-4-6-10-23/h7-8,11-13H,3-6,9-10H2,1-2H3,(H,21,24). The molecule has 1 amide bonds.